The first-order valence-electron chi connectivity index (χ1n) is 7.12. The van der Waals surface area contributed by atoms with E-state index in [1.807, 2.05) is 35.7 Å². The average molecular weight is 323 g/mol. The van der Waals surface area contributed by atoms with Crippen molar-refractivity contribution in [2.75, 3.05) is 0 Å². The molecule has 1 aliphatic rings. The number of carbonyl (C=O) groups is 1. The van der Waals surface area contributed by atoms with Gasteiger partial charge in [0.1, 0.15) is 5.01 Å². The fourth-order valence-corrected chi connectivity index (χ4v) is 4.19. The lowest BCUT2D eigenvalue weighted by Gasteiger charge is -2.16. The molecule has 0 atom stereocenters. The van der Waals surface area contributed by atoms with Crippen molar-refractivity contribution < 1.29 is 4.79 Å². The van der Waals surface area contributed by atoms with Crippen LogP contribution in [-0.4, -0.2) is 10.8 Å². The van der Waals surface area contributed by atoms with E-state index in [1.54, 1.807) is 22.7 Å². The average Bonchev–Trinajstić information content (AvgIpc) is 3.21. The Morgan fingerprint density at radius 1 is 1.09 bits per heavy atom. The number of fused-ring (bicyclic) bond motifs is 1. The van der Waals surface area contributed by atoms with Crippen LogP contribution in [0.15, 0.2) is 52.0 Å². The standard InChI is InChI=1S/C18H13NOS2/c20-17-13(6-5-12-3-1-2-4-16(12)17)9-15-11-22-18(19-15)14-7-8-21-10-14/h1-4,7-11H,5-6H2/b13-9+. The quantitative estimate of drug-likeness (QED) is 0.615. The summed E-state index contributed by atoms with van der Waals surface area (Å²) in [7, 11) is 0. The first-order valence-corrected chi connectivity index (χ1v) is 8.95. The van der Waals surface area contributed by atoms with Crippen molar-refractivity contribution in [3.8, 4) is 10.6 Å². The normalized spacial score (nSPS) is 16.0. The van der Waals surface area contributed by atoms with Crippen molar-refractivity contribution in [2.45, 2.75) is 12.8 Å². The molecule has 2 aromatic heterocycles. The number of allylic oxidation sites excluding steroid dienone is 1. The molecular weight excluding hydrogens is 310 g/mol. The Morgan fingerprint density at radius 2 is 2.00 bits per heavy atom. The maximum absolute atomic E-state index is 12.6. The van der Waals surface area contributed by atoms with E-state index in [0.29, 0.717) is 0 Å². The Morgan fingerprint density at radius 3 is 2.86 bits per heavy atom. The molecule has 0 radical (unpaired) electrons. The molecule has 22 heavy (non-hydrogen) atoms. The fraction of sp³-hybridized carbons (Fsp3) is 0.111. The van der Waals surface area contributed by atoms with E-state index in [4.69, 9.17) is 0 Å². The van der Waals surface area contributed by atoms with Crippen molar-refractivity contribution >= 4 is 34.5 Å². The molecule has 4 rings (SSSR count). The molecule has 1 aromatic carbocycles. The lowest BCUT2D eigenvalue weighted by molar-refractivity contribution is 0.102. The smallest absolute Gasteiger partial charge is 0.189 e. The van der Waals surface area contributed by atoms with Gasteiger partial charge in [0.25, 0.3) is 0 Å². The predicted octanol–water partition coefficient (Wildman–Crippen LogP) is 5.08. The third-order valence-corrected chi connectivity index (χ3v) is 5.42. The van der Waals surface area contributed by atoms with Gasteiger partial charge in [-0.05, 0) is 35.9 Å². The van der Waals surface area contributed by atoms with Crippen molar-refractivity contribution in [3.63, 3.8) is 0 Å². The summed E-state index contributed by atoms with van der Waals surface area (Å²) in [6.45, 7) is 0. The van der Waals surface area contributed by atoms with Gasteiger partial charge in [-0.25, -0.2) is 4.98 Å². The Bertz CT molecular complexity index is 859. The molecule has 0 saturated carbocycles. The second-order valence-electron chi connectivity index (χ2n) is 5.25. The van der Waals surface area contributed by atoms with Crippen molar-refractivity contribution in [1.82, 2.24) is 4.98 Å². The molecule has 4 heteroatoms. The maximum atomic E-state index is 12.6. The summed E-state index contributed by atoms with van der Waals surface area (Å²) in [4.78, 5) is 17.2. The molecule has 0 saturated heterocycles. The van der Waals surface area contributed by atoms with Gasteiger partial charge in [-0.15, -0.1) is 11.3 Å². The topological polar surface area (TPSA) is 30.0 Å². The molecule has 108 valence electrons. The highest BCUT2D eigenvalue weighted by molar-refractivity contribution is 7.14. The van der Waals surface area contributed by atoms with Crippen LogP contribution in [0.25, 0.3) is 16.6 Å². The van der Waals surface area contributed by atoms with Crippen LogP contribution >= 0.6 is 22.7 Å². The molecule has 0 fully saturated rings. The lowest BCUT2D eigenvalue weighted by Crippen LogP contribution is -2.13. The number of aryl methyl sites for hydroxylation is 1. The minimum atomic E-state index is 0.145. The summed E-state index contributed by atoms with van der Waals surface area (Å²) in [6.07, 6.45) is 3.67. The van der Waals surface area contributed by atoms with Gasteiger partial charge in [0.2, 0.25) is 0 Å². The van der Waals surface area contributed by atoms with Crippen molar-refractivity contribution in [3.05, 3.63) is 68.9 Å². The number of thiophene rings is 1. The van der Waals surface area contributed by atoms with Gasteiger partial charge in [0.15, 0.2) is 5.78 Å². The lowest BCUT2D eigenvalue weighted by atomic mass is 9.86. The van der Waals surface area contributed by atoms with E-state index in [0.717, 1.165) is 45.8 Å². The molecule has 3 aromatic rings. The molecular formula is C18H13NOS2. The first-order chi connectivity index (χ1) is 10.8. The Balaban J connectivity index is 1.65. The molecule has 2 nitrogen and oxygen atoms in total. The monoisotopic (exact) mass is 323 g/mol. The van der Waals surface area contributed by atoms with E-state index in [1.165, 1.54) is 0 Å². The van der Waals surface area contributed by atoms with E-state index < -0.39 is 0 Å². The molecule has 0 amide bonds. The van der Waals surface area contributed by atoms with Crippen LogP contribution in [0.3, 0.4) is 0 Å². The predicted molar refractivity (Wildman–Crippen MR) is 92.5 cm³/mol. The number of carbonyl (C=O) groups excluding carboxylic acids is 1. The first kappa shape index (κ1) is 13.6. The van der Waals surface area contributed by atoms with E-state index in [9.17, 15) is 4.79 Å². The molecule has 0 N–H and O–H groups in total. The van der Waals surface area contributed by atoms with Gasteiger partial charge in [-0.3, -0.25) is 4.79 Å². The van der Waals surface area contributed by atoms with Crippen LogP contribution in [0.4, 0.5) is 0 Å². The highest BCUT2D eigenvalue weighted by Crippen LogP contribution is 2.29. The van der Waals surface area contributed by atoms with E-state index in [-0.39, 0.29) is 5.78 Å². The summed E-state index contributed by atoms with van der Waals surface area (Å²) in [6, 6.07) is 9.96. The molecule has 0 unspecified atom stereocenters. The number of nitrogens with zero attached hydrogens (tertiary/aromatic N) is 1. The van der Waals surface area contributed by atoms with Crippen LogP contribution in [0.5, 0.6) is 0 Å². The number of benzene rings is 1. The minimum absolute atomic E-state index is 0.145. The maximum Gasteiger partial charge on any atom is 0.189 e. The molecule has 0 aliphatic heterocycles. The summed E-state index contributed by atoms with van der Waals surface area (Å²) in [5, 5.41) is 7.18. The van der Waals surface area contributed by atoms with E-state index >= 15 is 0 Å². The second kappa shape index (κ2) is 5.63. The molecule has 0 spiro atoms. The summed E-state index contributed by atoms with van der Waals surface area (Å²) in [5.74, 6) is 0.145. The zero-order valence-corrected chi connectivity index (χ0v) is 13.4. The second-order valence-corrected chi connectivity index (χ2v) is 6.88. The Hall–Kier alpha value is -2.04. The number of Topliss-reactive ketones (excluding diaryl/α,β-unsaturated/α-hetero) is 1. The summed E-state index contributed by atoms with van der Waals surface area (Å²) in [5.41, 5.74) is 4.89. The van der Waals surface area contributed by atoms with Crippen LogP contribution in [0, 0.1) is 0 Å². The molecule has 2 heterocycles. The number of ketones is 1. The van der Waals surface area contributed by atoms with Crippen LogP contribution < -0.4 is 0 Å². The van der Waals surface area contributed by atoms with Crippen molar-refractivity contribution in [2.24, 2.45) is 0 Å². The van der Waals surface area contributed by atoms with Gasteiger partial charge >= 0.3 is 0 Å². The fourth-order valence-electron chi connectivity index (χ4n) is 2.70. The highest BCUT2D eigenvalue weighted by Gasteiger charge is 2.21. The van der Waals surface area contributed by atoms with E-state index in [2.05, 4.69) is 21.8 Å². The number of aromatic nitrogens is 1. The van der Waals surface area contributed by atoms with Gasteiger partial charge in [0, 0.05) is 27.5 Å². The summed E-state index contributed by atoms with van der Waals surface area (Å²) < 4.78 is 0. The van der Waals surface area contributed by atoms with Crippen LogP contribution in [0.2, 0.25) is 0 Å². The zero-order chi connectivity index (χ0) is 14.9. The Labute approximate surface area is 136 Å². The minimum Gasteiger partial charge on any atom is -0.289 e. The third-order valence-electron chi connectivity index (χ3n) is 3.83. The zero-order valence-electron chi connectivity index (χ0n) is 11.8. The van der Waals surface area contributed by atoms with Crippen molar-refractivity contribution in [1.29, 1.82) is 0 Å². The van der Waals surface area contributed by atoms with Gasteiger partial charge in [-0.2, -0.15) is 11.3 Å². The van der Waals surface area contributed by atoms with Crippen LogP contribution in [-0.2, 0) is 6.42 Å². The summed E-state index contributed by atoms with van der Waals surface area (Å²) >= 11 is 3.29. The van der Waals surface area contributed by atoms with Gasteiger partial charge < -0.3 is 0 Å². The SMILES string of the molecule is O=C1/C(=C/c2csc(-c3ccsc3)n2)CCc2ccccc21. The number of hydrogen-bond donors (Lipinski definition) is 0. The number of rotatable bonds is 2. The highest BCUT2D eigenvalue weighted by atomic mass is 32.1. The van der Waals surface area contributed by atoms with Crippen LogP contribution in [0.1, 0.15) is 28.0 Å². The third kappa shape index (κ3) is 2.45. The number of hydrogen-bond acceptors (Lipinski definition) is 4. The molecule has 1 aliphatic carbocycles. The van der Waals surface area contributed by atoms with Gasteiger partial charge in [-0.1, -0.05) is 24.3 Å². The Kier molecular flexibility index (Phi) is 3.48. The number of thiazole rings is 1. The molecule has 0 bridgehead atoms. The van der Waals surface area contributed by atoms with Gasteiger partial charge in [0.05, 0.1) is 5.69 Å². The largest absolute Gasteiger partial charge is 0.289 e.